The molecule has 2 aromatic heterocycles. The van der Waals surface area contributed by atoms with Gasteiger partial charge in [0.05, 0.1) is 6.54 Å². The molecule has 1 aliphatic rings. The van der Waals surface area contributed by atoms with Gasteiger partial charge in [-0.25, -0.2) is 4.39 Å². The van der Waals surface area contributed by atoms with Crippen LogP contribution in [0.25, 0.3) is 11.4 Å². The molecule has 25 heavy (non-hydrogen) atoms. The first-order chi connectivity index (χ1) is 12.2. The zero-order chi connectivity index (χ0) is 17.2. The monoisotopic (exact) mass is 338 g/mol. The van der Waals surface area contributed by atoms with Crippen LogP contribution in [-0.2, 0) is 6.54 Å². The van der Waals surface area contributed by atoms with Crippen molar-refractivity contribution in [2.75, 3.05) is 0 Å². The van der Waals surface area contributed by atoms with Crippen molar-refractivity contribution in [2.24, 2.45) is 0 Å². The highest BCUT2D eigenvalue weighted by atomic mass is 19.1. The minimum Gasteiger partial charge on any atom is -0.338 e. The average molecular weight is 338 g/mol. The summed E-state index contributed by atoms with van der Waals surface area (Å²) in [5.41, 5.74) is 1.51. The Labute approximate surface area is 145 Å². The number of hydrogen-bond donors (Lipinski definition) is 0. The molecule has 6 heteroatoms. The summed E-state index contributed by atoms with van der Waals surface area (Å²) in [4.78, 5) is 10.8. The molecule has 1 aliphatic carbocycles. The minimum atomic E-state index is -0.178. The smallest absolute Gasteiger partial charge is 0.241 e. The van der Waals surface area contributed by atoms with Crippen LogP contribution in [0.5, 0.6) is 0 Å². The molecule has 0 amide bonds. The van der Waals surface area contributed by atoms with E-state index >= 15 is 0 Å². The lowest BCUT2D eigenvalue weighted by Gasteiger charge is -2.28. The van der Waals surface area contributed by atoms with E-state index in [0.29, 0.717) is 29.9 Å². The van der Waals surface area contributed by atoms with Gasteiger partial charge in [-0.05, 0) is 38.0 Å². The second-order valence-electron chi connectivity index (χ2n) is 6.35. The lowest BCUT2D eigenvalue weighted by Crippen LogP contribution is -2.29. The second kappa shape index (κ2) is 6.72. The zero-order valence-corrected chi connectivity index (χ0v) is 14.0. The van der Waals surface area contributed by atoms with Gasteiger partial charge >= 0.3 is 0 Å². The van der Waals surface area contributed by atoms with E-state index < -0.39 is 0 Å². The average Bonchev–Trinajstić information content (AvgIpc) is 3.38. The van der Waals surface area contributed by atoms with E-state index in [-0.39, 0.29) is 11.9 Å². The molecule has 0 saturated heterocycles. The maximum Gasteiger partial charge on any atom is 0.241 e. The highest BCUT2D eigenvalue weighted by Crippen LogP contribution is 2.36. The Bertz CT molecular complexity index is 847. The first-order valence-electron chi connectivity index (χ1n) is 8.45. The fourth-order valence-electron chi connectivity index (χ4n) is 3.07. The molecule has 0 bridgehead atoms. The summed E-state index contributed by atoms with van der Waals surface area (Å²) in [6.07, 6.45) is 5.63. The summed E-state index contributed by atoms with van der Waals surface area (Å²) in [5, 5.41) is 4.04. The van der Waals surface area contributed by atoms with Gasteiger partial charge in [0.2, 0.25) is 11.7 Å². The summed E-state index contributed by atoms with van der Waals surface area (Å²) < 4.78 is 19.6. The minimum absolute atomic E-state index is 0.0533. The number of aromatic nitrogens is 3. The van der Waals surface area contributed by atoms with Crippen LogP contribution in [0.3, 0.4) is 0 Å². The molecule has 0 radical (unpaired) electrons. The van der Waals surface area contributed by atoms with Crippen LogP contribution in [0.4, 0.5) is 4.39 Å². The topological polar surface area (TPSA) is 55.1 Å². The highest BCUT2D eigenvalue weighted by Gasteiger charge is 2.34. The molecule has 3 aromatic rings. The van der Waals surface area contributed by atoms with E-state index in [1.165, 1.54) is 6.07 Å². The fourth-order valence-corrected chi connectivity index (χ4v) is 3.07. The van der Waals surface area contributed by atoms with Crippen LogP contribution < -0.4 is 0 Å². The molecule has 1 atom stereocenters. The molecule has 4 rings (SSSR count). The number of rotatable bonds is 6. The molecule has 1 fully saturated rings. The van der Waals surface area contributed by atoms with E-state index in [4.69, 9.17) is 4.52 Å². The molecule has 1 unspecified atom stereocenters. The molecule has 128 valence electrons. The van der Waals surface area contributed by atoms with Gasteiger partial charge in [0.15, 0.2) is 0 Å². The third-order valence-corrected chi connectivity index (χ3v) is 4.57. The summed E-state index contributed by atoms with van der Waals surface area (Å²) >= 11 is 0. The summed E-state index contributed by atoms with van der Waals surface area (Å²) in [6.45, 7) is 2.53. The van der Waals surface area contributed by atoms with Crippen LogP contribution in [0.2, 0.25) is 0 Å². The molecule has 0 spiro atoms. The van der Waals surface area contributed by atoms with Crippen molar-refractivity contribution in [3.8, 4) is 11.4 Å². The highest BCUT2D eigenvalue weighted by molar-refractivity contribution is 5.51. The van der Waals surface area contributed by atoms with Crippen molar-refractivity contribution < 1.29 is 8.91 Å². The summed E-state index contributed by atoms with van der Waals surface area (Å²) in [5.74, 6) is 0.883. The Hall–Kier alpha value is -2.60. The van der Waals surface area contributed by atoms with E-state index in [1.807, 2.05) is 31.2 Å². The van der Waals surface area contributed by atoms with Gasteiger partial charge in [-0.2, -0.15) is 4.98 Å². The molecule has 5 nitrogen and oxygen atoms in total. The van der Waals surface area contributed by atoms with E-state index in [0.717, 1.165) is 18.4 Å². The van der Waals surface area contributed by atoms with Gasteiger partial charge < -0.3 is 4.52 Å². The lowest BCUT2D eigenvalue weighted by molar-refractivity contribution is 0.163. The third-order valence-electron chi connectivity index (χ3n) is 4.57. The Morgan fingerprint density at radius 3 is 2.80 bits per heavy atom. The van der Waals surface area contributed by atoms with Crippen molar-refractivity contribution >= 4 is 0 Å². The largest absolute Gasteiger partial charge is 0.338 e. The zero-order valence-electron chi connectivity index (χ0n) is 14.0. The SMILES string of the molecule is CC(c1ccccc1F)N(Cc1nc(-c2cccnc2)no1)C1CC1. The van der Waals surface area contributed by atoms with Gasteiger partial charge in [-0.3, -0.25) is 9.88 Å². The van der Waals surface area contributed by atoms with Crippen LogP contribution in [0.15, 0.2) is 53.3 Å². The molecule has 1 saturated carbocycles. The molecule has 0 N–H and O–H groups in total. The summed E-state index contributed by atoms with van der Waals surface area (Å²) in [6, 6.07) is 11.0. The first kappa shape index (κ1) is 15.9. The van der Waals surface area contributed by atoms with Gasteiger partial charge in [0, 0.05) is 35.6 Å². The van der Waals surface area contributed by atoms with Crippen molar-refractivity contribution in [3.05, 3.63) is 66.1 Å². The molecule has 2 heterocycles. The van der Waals surface area contributed by atoms with Crippen molar-refractivity contribution in [1.29, 1.82) is 0 Å². The maximum absolute atomic E-state index is 14.2. The van der Waals surface area contributed by atoms with E-state index in [9.17, 15) is 4.39 Å². The quantitative estimate of drug-likeness (QED) is 0.680. The number of pyridine rings is 1. The van der Waals surface area contributed by atoms with Crippen molar-refractivity contribution in [1.82, 2.24) is 20.0 Å². The maximum atomic E-state index is 14.2. The normalized spacial score (nSPS) is 15.5. The number of halogens is 1. The van der Waals surface area contributed by atoms with Crippen LogP contribution in [-0.4, -0.2) is 26.1 Å². The molecular formula is C19H19FN4O. The Kier molecular flexibility index (Phi) is 4.28. The third kappa shape index (κ3) is 3.44. The Balaban J connectivity index is 1.55. The standard InChI is InChI=1S/C19H19FN4O/c1-13(16-6-2-3-7-17(16)20)24(15-8-9-15)12-18-22-19(23-25-18)14-5-4-10-21-11-14/h2-7,10-11,13,15H,8-9,12H2,1H3. The van der Waals surface area contributed by atoms with Crippen LogP contribution >= 0.6 is 0 Å². The predicted octanol–water partition coefficient (Wildman–Crippen LogP) is 4.00. The first-order valence-corrected chi connectivity index (χ1v) is 8.45. The fraction of sp³-hybridized carbons (Fsp3) is 0.316. The number of hydrogen-bond acceptors (Lipinski definition) is 5. The summed E-state index contributed by atoms with van der Waals surface area (Å²) in [7, 11) is 0. The molecule has 0 aliphatic heterocycles. The van der Waals surface area contributed by atoms with Crippen molar-refractivity contribution in [3.63, 3.8) is 0 Å². The Morgan fingerprint density at radius 1 is 1.24 bits per heavy atom. The van der Waals surface area contributed by atoms with E-state index in [2.05, 4.69) is 20.0 Å². The number of nitrogens with zero attached hydrogens (tertiary/aromatic N) is 4. The predicted molar refractivity (Wildman–Crippen MR) is 90.9 cm³/mol. The second-order valence-corrected chi connectivity index (χ2v) is 6.35. The lowest BCUT2D eigenvalue weighted by atomic mass is 10.1. The van der Waals surface area contributed by atoms with Gasteiger partial charge in [0.25, 0.3) is 0 Å². The van der Waals surface area contributed by atoms with E-state index in [1.54, 1.807) is 18.5 Å². The van der Waals surface area contributed by atoms with Gasteiger partial charge in [-0.1, -0.05) is 23.4 Å². The van der Waals surface area contributed by atoms with Crippen molar-refractivity contribution in [2.45, 2.75) is 38.4 Å². The van der Waals surface area contributed by atoms with Gasteiger partial charge in [0.1, 0.15) is 5.82 Å². The van der Waals surface area contributed by atoms with Gasteiger partial charge in [-0.15, -0.1) is 0 Å². The van der Waals surface area contributed by atoms with Crippen LogP contribution in [0, 0.1) is 5.82 Å². The van der Waals surface area contributed by atoms with Crippen LogP contribution in [0.1, 0.15) is 37.3 Å². The Morgan fingerprint density at radius 2 is 2.08 bits per heavy atom. The molecule has 1 aromatic carbocycles. The molecular weight excluding hydrogens is 319 g/mol. The number of benzene rings is 1.